The molecular weight excluding hydrogens is 325 g/mol. The molecule has 0 saturated carbocycles. The first-order valence-corrected chi connectivity index (χ1v) is 8.78. The largest absolute Gasteiger partial charge is 0.345 e. The predicted molar refractivity (Wildman–Crippen MR) is 102 cm³/mol. The van der Waals surface area contributed by atoms with E-state index in [1.54, 1.807) is 12.1 Å². The van der Waals surface area contributed by atoms with E-state index in [1.807, 2.05) is 48.5 Å². The third-order valence-corrected chi connectivity index (χ3v) is 4.49. The van der Waals surface area contributed by atoms with Crippen LogP contribution in [0.25, 0.3) is 0 Å². The Kier molecular flexibility index (Phi) is 5.80. The lowest BCUT2D eigenvalue weighted by molar-refractivity contribution is -0.121. The van der Waals surface area contributed by atoms with Crippen molar-refractivity contribution in [2.24, 2.45) is 0 Å². The monoisotopic (exact) mass is 347 g/mol. The number of nitrogens with one attached hydrogen (secondary N) is 1. The Morgan fingerprint density at radius 1 is 0.923 bits per heavy atom. The number of hydrogen-bond acceptors (Lipinski definition) is 1. The molecule has 132 valence electrons. The van der Waals surface area contributed by atoms with Gasteiger partial charge < -0.3 is 5.32 Å². The van der Waals surface area contributed by atoms with Crippen molar-refractivity contribution in [2.75, 3.05) is 0 Å². The number of benzene rings is 3. The summed E-state index contributed by atoms with van der Waals surface area (Å²) < 4.78 is 13.0. The van der Waals surface area contributed by atoms with Crippen molar-refractivity contribution in [1.29, 1.82) is 0 Å². The molecule has 3 aromatic carbocycles. The van der Waals surface area contributed by atoms with E-state index in [1.165, 1.54) is 12.1 Å². The minimum atomic E-state index is -0.262. The molecular formula is C23H22FNO. The van der Waals surface area contributed by atoms with E-state index in [2.05, 4.69) is 18.3 Å². The summed E-state index contributed by atoms with van der Waals surface area (Å²) in [5.74, 6) is -0.284. The predicted octanol–water partition coefficient (Wildman–Crippen LogP) is 4.97. The molecule has 0 aliphatic heterocycles. The van der Waals surface area contributed by atoms with Gasteiger partial charge in [-0.2, -0.15) is 0 Å². The van der Waals surface area contributed by atoms with Crippen LogP contribution in [0.5, 0.6) is 0 Å². The van der Waals surface area contributed by atoms with E-state index in [0.29, 0.717) is 12.8 Å². The van der Waals surface area contributed by atoms with Crippen molar-refractivity contribution >= 4 is 5.91 Å². The molecule has 0 radical (unpaired) electrons. The number of carbonyl (C=O) groups excluding carboxylic acids is 1. The molecule has 0 aromatic heterocycles. The number of hydrogen-bond donors (Lipinski definition) is 1. The van der Waals surface area contributed by atoms with Gasteiger partial charge in [0.2, 0.25) is 5.91 Å². The SMILES string of the molecule is Cc1ccccc1[C@H](NC(=O)CCc1ccc(F)cc1)c1ccccc1. The quantitative estimate of drug-likeness (QED) is 0.670. The van der Waals surface area contributed by atoms with Crippen LogP contribution in [-0.2, 0) is 11.2 Å². The maximum absolute atomic E-state index is 13.0. The molecule has 0 bridgehead atoms. The number of aryl methyl sites for hydroxylation is 2. The average Bonchev–Trinajstić information content (AvgIpc) is 2.67. The Bertz CT molecular complexity index is 859. The third-order valence-electron chi connectivity index (χ3n) is 4.49. The molecule has 0 unspecified atom stereocenters. The number of carbonyl (C=O) groups is 1. The van der Waals surface area contributed by atoms with Crippen LogP contribution in [0.1, 0.15) is 34.7 Å². The van der Waals surface area contributed by atoms with Crippen LogP contribution in [0, 0.1) is 12.7 Å². The average molecular weight is 347 g/mol. The summed E-state index contributed by atoms with van der Waals surface area (Å²) in [6.07, 6.45) is 0.947. The summed E-state index contributed by atoms with van der Waals surface area (Å²) >= 11 is 0. The second-order valence-electron chi connectivity index (χ2n) is 6.39. The lowest BCUT2D eigenvalue weighted by Gasteiger charge is -2.21. The maximum atomic E-state index is 13.0. The molecule has 2 nitrogen and oxygen atoms in total. The number of amides is 1. The summed E-state index contributed by atoms with van der Waals surface area (Å²) in [5, 5.41) is 3.16. The lowest BCUT2D eigenvalue weighted by atomic mass is 9.94. The highest BCUT2D eigenvalue weighted by Gasteiger charge is 2.18. The van der Waals surface area contributed by atoms with Gasteiger partial charge in [0.1, 0.15) is 5.82 Å². The Balaban J connectivity index is 1.74. The van der Waals surface area contributed by atoms with Crippen molar-refractivity contribution in [3.05, 3.63) is 107 Å². The van der Waals surface area contributed by atoms with Gasteiger partial charge in [0.25, 0.3) is 0 Å². The van der Waals surface area contributed by atoms with Crippen LogP contribution in [0.2, 0.25) is 0 Å². The van der Waals surface area contributed by atoms with Gasteiger partial charge in [-0.05, 0) is 47.7 Å². The molecule has 0 fully saturated rings. The van der Waals surface area contributed by atoms with E-state index < -0.39 is 0 Å². The first-order valence-electron chi connectivity index (χ1n) is 8.78. The van der Waals surface area contributed by atoms with Crippen molar-refractivity contribution in [1.82, 2.24) is 5.32 Å². The summed E-state index contributed by atoms with van der Waals surface area (Å²) in [6.45, 7) is 2.05. The van der Waals surface area contributed by atoms with Crippen LogP contribution in [0.4, 0.5) is 4.39 Å². The number of halogens is 1. The van der Waals surface area contributed by atoms with E-state index in [9.17, 15) is 9.18 Å². The highest BCUT2D eigenvalue weighted by atomic mass is 19.1. The maximum Gasteiger partial charge on any atom is 0.221 e. The zero-order valence-corrected chi connectivity index (χ0v) is 14.8. The highest BCUT2D eigenvalue weighted by Crippen LogP contribution is 2.25. The molecule has 1 amide bonds. The topological polar surface area (TPSA) is 29.1 Å². The van der Waals surface area contributed by atoms with Gasteiger partial charge in [0, 0.05) is 6.42 Å². The second kappa shape index (κ2) is 8.43. The molecule has 1 atom stereocenters. The molecule has 3 aromatic rings. The smallest absolute Gasteiger partial charge is 0.221 e. The van der Waals surface area contributed by atoms with Crippen molar-refractivity contribution in [2.45, 2.75) is 25.8 Å². The Labute approximate surface area is 153 Å². The van der Waals surface area contributed by atoms with Crippen LogP contribution >= 0.6 is 0 Å². The van der Waals surface area contributed by atoms with E-state index in [0.717, 1.165) is 22.3 Å². The van der Waals surface area contributed by atoms with Crippen molar-refractivity contribution in [3.8, 4) is 0 Å². The molecule has 3 rings (SSSR count). The van der Waals surface area contributed by atoms with Crippen LogP contribution < -0.4 is 5.32 Å². The van der Waals surface area contributed by atoms with Crippen LogP contribution in [0.3, 0.4) is 0 Å². The molecule has 0 spiro atoms. The fourth-order valence-electron chi connectivity index (χ4n) is 3.04. The standard InChI is InChI=1S/C23H22FNO/c1-17-7-5-6-10-21(17)23(19-8-3-2-4-9-19)25-22(26)16-13-18-11-14-20(24)15-12-18/h2-12,14-15,23H,13,16H2,1H3,(H,25,26)/t23-/m1/s1. The van der Waals surface area contributed by atoms with Crippen molar-refractivity contribution < 1.29 is 9.18 Å². The van der Waals surface area contributed by atoms with Gasteiger partial charge >= 0.3 is 0 Å². The second-order valence-corrected chi connectivity index (χ2v) is 6.39. The molecule has 0 aliphatic rings. The Morgan fingerprint density at radius 2 is 1.58 bits per heavy atom. The van der Waals surface area contributed by atoms with Gasteiger partial charge in [0.05, 0.1) is 6.04 Å². The molecule has 0 saturated heterocycles. The normalized spacial score (nSPS) is 11.8. The summed E-state index contributed by atoms with van der Waals surface area (Å²) in [5.41, 5.74) is 4.24. The van der Waals surface area contributed by atoms with Crippen molar-refractivity contribution in [3.63, 3.8) is 0 Å². The summed E-state index contributed by atoms with van der Waals surface area (Å²) in [7, 11) is 0. The highest BCUT2D eigenvalue weighted by molar-refractivity contribution is 5.77. The number of rotatable bonds is 6. The van der Waals surface area contributed by atoms with Gasteiger partial charge in [-0.15, -0.1) is 0 Å². The zero-order valence-electron chi connectivity index (χ0n) is 14.8. The van der Waals surface area contributed by atoms with Gasteiger partial charge in [-0.3, -0.25) is 4.79 Å². The van der Waals surface area contributed by atoms with Crippen LogP contribution in [0.15, 0.2) is 78.9 Å². The van der Waals surface area contributed by atoms with E-state index in [4.69, 9.17) is 0 Å². The molecule has 26 heavy (non-hydrogen) atoms. The molecule has 3 heteroatoms. The molecule has 0 heterocycles. The lowest BCUT2D eigenvalue weighted by Crippen LogP contribution is -2.30. The van der Waals surface area contributed by atoms with E-state index in [-0.39, 0.29) is 17.8 Å². The van der Waals surface area contributed by atoms with Gasteiger partial charge in [-0.1, -0.05) is 66.7 Å². The van der Waals surface area contributed by atoms with Crippen LogP contribution in [-0.4, -0.2) is 5.91 Å². The van der Waals surface area contributed by atoms with Gasteiger partial charge in [-0.25, -0.2) is 4.39 Å². The minimum Gasteiger partial charge on any atom is -0.345 e. The third kappa shape index (κ3) is 4.57. The Morgan fingerprint density at radius 3 is 2.27 bits per heavy atom. The fourth-order valence-corrected chi connectivity index (χ4v) is 3.04. The van der Waals surface area contributed by atoms with E-state index >= 15 is 0 Å². The minimum absolute atomic E-state index is 0.0218. The molecule has 0 aliphatic carbocycles. The first kappa shape index (κ1) is 17.9. The summed E-state index contributed by atoms with van der Waals surface area (Å²) in [6, 6.07) is 24.2. The first-order chi connectivity index (χ1) is 12.6. The molecule has 1 N–H and O–H groups in total. The van der Waals surface area contributed by atoms with Gasteiger partial charge in [0.15, 0.2) is 0 Å². The summed E-state index contributed by atoms with van der Waals surface area (Å²) in [4.78, 5) is 12.6. The Hall–Kier alpha value is -2.94. The zero-order chi connectivity index (χ0) is 18.4. The fraction of sp³-hybridized carbons (Fsp3) is 0.174.